The van der Waals surface area contributed by atoms with Crippen LogP contribution in [0.3, 0.4) is 0 Å². The summed E-state index contributed by atoms with van der Waals surface area (Å²) in [4.78, 5) is 2.86. The Morgan fingerprint density at radius 1 is 1.47 bits per heavy atom. The molecule has 1 aromatic rings. The SMILES string of the molecule is COC1CCN(Cc2ccc(C(N)=S)cc2)C1. The minimum atomic E-state index is 0.394. The van der Waals surface area contributed by atoms with Crippen molar-refractivity contribution in [3.63, 3.8) is 0 Å². The Balaban J connectivity index is 1.93. The van der Waals surface area contributed by atoms with Gasteiger partial charge in [0.2, 0.25) is 0 Å². The van der Waals surface area contributed by atoms with Crippen molar-refractivity contribution in [2.45, 2.75) is 19.1 Å². The number of likely N-dealkylation sites (tertiary alicyclic amines) is 1. The first-order valence-corrected chi connectivity index (χ1v) is 6.24. The van der Waals surface area contributed by atoms with E-state index in [1.54, 1.807) is 7.11 Å². The van der Waals surface area contributed by atoms with Crippen LogP contribution in [0.2, 0.25) is 0 Å². The highest BCUT2D eigenvalue weighted by atomic mass is 32.1. The standard InChI is InChI=1S/C13H18N2OS/c1-16-12-6-7-15(9-12)8-10-2-4-11(5-3-10)13(14)17/h2-5,12H,6-9H2,1H3,(H2,14,17). The van der Waals surface area contributed by atoms with E-state index in [-0.39, 0.29) is 0 Å². The number of rotatable bonds is 4. The van der Waals surface area contributed by atoms with E-state index in [9.17, 15) is 0 Å². The molecule has 0 amide bonds. The average Bonchev–Trinajstić information content (AvgIpc) is 2.77. The molecule has 0 aromatic heterocycles. The first-order valence-electron chi connectivity index (χ1n) is 5.83. The number of benzene rings is 1. The van der Waals surface area contributed by atoms with E-state index in [1.165, 1.54) is 5.56 Å². The van der Waals surface area contributed by atoms with Gasteiger partial charge in [-0.1, -0.05) is 36.5 Å². The van der Waals surface area contributed by atoms with E-state index in [2.05, 4.69) is 17.0 Å². The summed E-state index contributed by atoms with van der Waals surface area (Å²) in [5.41, 5.74) is 7.79. The maximum Gasteiger partial charge on any atom is 0.103 e. The summed E-state index contributed by atoms with van der Waals surface area (Å²) in [6.07, 6.45) is 1.52. The Kier molecular flexibility index (Phi) is 4.10. The molecule has 1 aliphatic heterocycles. The maximum atomic E-state index is 5.57. The fourth-order valence-electron chi connectivity index (χ4n) is 2.17. The van der Waals surface area contributed by atoms with Crippen LogP contribution in [-0.4, -0.2) is 36.2 Å². The number of ether oxygens (including phenoxy) is 1. The maximum absolute atomic E-state index is 5.57. The Morgan fingerprint density at radius 2 is 2.18 bits per heavy atom. The normalized spacial score (nSPS) is 20.6. The van der Waals surface area contributed by atoms with Gasteiger partial charge in [-0.15, -0.1) is 0 Å². The molecule has 0 spiro atoms. The van der Waals surface area contributed by atoms with Crippen molar-refractivity contribution < 1.29 is 4.74 Å². The number of hydrogen-bond donors (Lipinski definition) is 1. The first kappa shape index (κ1) is 12.5. The van der Waals surface area contributed by atoms with Crippen molar-refractivity contribution in [1.82, 2.24) is 4.90 Å². The minimum Gasteiger partial charge on any atom is -0.389 e. The van der Waals surface area contributed by atoms with Crippen LogP contribution in [0.4, 0.5) is 0 Å². The highest BCUT2D eigenvalue weighted by Crippen LogP contribution is 2.15. The summed E-state index contributed by atoms with van der Waals surface area (Å²) < 4.78 is 5.35. The van der Waals surface area contributed by atoms with E-state index in [1.807, 2.05) is 12.1 Å². The lowest BCUT2D eigenvalue weighted by molar-refractivity contribution is 0.107. The van der Waals surface area contributed by atoms with Crippen LogP contribution in [0.15, 0.2) is 24.3 Å². The highest BCUT2D eigenvalue weighted by molar-refractivity contribution is 7.80. The van der Waals surface area contributed by atoms with Gasteiger partial charge in [0.15, 0.2) is 0 Å². The average molecular weight is 250 g/mol. The van der Waals surface area contributed by atoms with E-state index in [4.69, 9.17) is 22.7 Å². The van der Waals surface area contributed by atoms with Crippen molar-refractivity contribution in [2.24, 2.45) is 5.73 Å². The summed E-state index contributed by atoms with van der Waals surface area (Å²) >= 11 is 4.93. The Hall–Kier alpha value is -0.970. The van der Waals surface area contributed by atoms with E-state index < -0.39 is 0 Å². The molecule has 1 atom stereocenters. The van der Waals surface area contributed by atoms with Gasteiger partial charge < -0.3 is 10.5 Å². The van der Waals surface area contributed by atoms with Crippen LogP contribution >= 0.6 is 12.2 Å². The molecule has 1 unspecified atom stereocenters. The summed E-state index contributed by atoms with van der Waals surface area (Å²) in [5.74, 6) is 0. The third-order valence-electron chi connectivity index (χ3n) is 3.21. The molecule has 0 saturated carbocycles. The van der Waals surface area contributed by atoms with Gasteiger partial charge in [0.25, 0.3) is 0 Å². The predicted octanol–water partition coefficient (Wildman–Crippen LogP) is 1.54. The van der Waals surface area contributed by atoms with Crippen LogP contribution in [-0.2, 0) is 11.3 Å². The van der Waals surface area contributed by atoms with E-state index in [0.717, 1.165) is 31.6 Å². The van der Waals surface area contributed by atoms with Gasteiger partial charge in [0, 0.05) is 32.3 Å². The Bertz CT molecular complexity index is 391. The lowest BCUT2D eigenvalue weighted by Gasteiger charge is -2.15. The molecule has 1 heterocycles. The Morgan fingerprint density at radius 3 is 2.71 bits per heavy atom. The zero-order chi connectivity index (χ0) is 12.3. The number of nitrogens with two attached hydrogens (primary N) is 1. The van der Waals surface area contributed by atoms with Crippen LogP contribution in [0, 0.1) is 0 Å². The molecule has 1 aromatic carbocycles. The second kappa shape index (κ2) is 5.58. The topological polar surface area (TPSA) is 38.5 Å². The van der Waals surface area contributed by atoms with Gasteiger partial charge >= 0.3 is 0 Å². The molecule has 0 bridgehead atoms. The summed E-state index contributed by atoms with van der Waals surface area (Å²) in [6.45, 7) is 3.10. The third kappa shape index (κ3) is 3.25. The lowest BCUT2D eigenvalue weighted by atomic mass is 10.1. The monoisotopic (exact) mass is 250 g/mol. The van der Waals surface area contributed by atoms with Gasteiger partial charge in [-0.3, -0.25) is 4.90 Å². The first-order chi connectivity index (χ1) is 8.19. The molecule has 1 fully saturated rings. The van der Waals surface area contributed by atoms with Gasteiger partial charge in [-0.2, -0.15) is 0 Å². The molecular weight excluding hydrogens is 232 g/mol. The largest absolute Gasteiger partial charge is 0.389 e. The summed E-state index contributed by atoms with van der Waals surface area (Å²) in [5, 5.41) is 0. The second-order valence-corrected chi connectivity index (χ2v) is 4.88. The van der Waals surface area contributed by atoms with Crippen LogP contribution in [0.1, 0.15) is 17.5 Å². The van der Waals surface area contributed by atoms with E-state index >= 15 is 0 Å². The number of methoxy groups -OCH3 is 1. The molecule has 92 valence electrons. The number of hydrogen-bond acceptors (Lipinski definition) is 3. The molecule has 0 aliphatic carbocycles. The molecule has 2 N–H and O–H groups in total. The smallest absolute Gasteiger partial charge is 0.103 e. The summed E-state index contributed by atoms with van der Waals surface area (Å²) in [6, 6.07) is 8.16. The second-order valence-electron chi connectivity index (χ2n) is 4.44. The quantitative estimate of drug-likeness (QED) is 0.823. The van der Waals surface area contributed by atoms with Crippen molar-refractivity contribution in [2.75, 3.05) is 20.2 Å². The van der Waals surface area contributed by atoms with Crippen molar-refractivity contribution in [3.8, 4) is 0 Å². The van der Waals surface area contributed by atoms with Crippen LogP contribution < -0.4 is 5.73 Å². The molecular formula is C13H18N2OS. The van der Waals surface area contributed by atoms with Crippen LogP contribution in [0.25, 0.3) is 0 Å². The minimum absolute atomic E-state index is 0.394. The van der Waals surface area contributed by atoms with Gasteiger partial charge in [-0.25, -0.2) is 0 Å². The lowest BCUT2D eigenvalue weighted by Crippen LogP contribution is -2.22. The van der Waals surface area contributed by atoms with Crippen molar-refractivity contribution in [1.29, 1.82) is 0 Å². The fraction of sp³-hybridized carbons (Fsp3) is 0.462. The molecule has 3 nitrogen and oxygen atoms in total. The van der Waals surface area contributed by atoms with Gasteiger partial charge in [0.05, 0.1) is 6.10 Å². The molecule has 4 heteroatoms. The zero-order valence-corrected chi connectivity index (χ0v) is 10.9. The molecule has 0 radical (unpaired) electrons. The Labute approximate surface area is 108 Å². The highest BCUT2D eigenvalue weighted by Gasteiger charge is 2.21. The summed E-state index contributed by atoms with van der Waals surface area (Å²) in [7, 11) is 1.78. The molecule has 17 heavy (non-hydrogen) atoms. The van der Waals surface area contributed by atoms with Crippen LogP contribution in [0.5, 0.6) is 0 Å². The van der Waals surface area contributed by atoms with Gasteiger partial charge in [-0.05, 0) is 12.0 Å². The molecule has 1 saturated heterocycles. The van der Waals surface area contributed by atoms with Crippen molar-refractivity contribution in [3.05, 3.63) is 35.4 Å². The van der Waals surface area contributed by atoms with Gasteiger partial charge in [0.1, 0.15) is 4.99 Å². The van der Waals surface area contributed by atoms with Crippen molar-refractivity contribution >= 4 is 17.2 Å². The number of thiocarbonyl (C=S) groups is 1. The molecule has 1 aliphatic rings. The third-order valence-corrected chi connectivity index (χ3v) is 3.44. The zero-order valence-electron chi connectivity index (χ0n) is 10.1. The molecule has 2 rings (SSSR count). The fourth-order valence-corrected chi connectivity index (χ4v) is 2.30. The van der Waals surface area contributed by atoms with E-state index in [0.29, 0.717) is 11.1 Å². The number of nitrogens with zero attached hydrogens (tertiary/aromatic N) is 1. The predicted molar refractivity (Wildman–Crippen MR) is 73.0 cm³/mol.